The van der Waals surface area contributed by atoms with Crippen molar-refractivity contribution >= 4 is 15.7 Å². The molecule has 6 nitrogen and oxygen atoms in total. The molecule has 2 rings (SSSR count). The van der Waals surface area contributed by atoms with Gasteiger partial charge >= 0.3 is 0 Å². The lowest BCUT2D eigenvalue weighted by atomic mass is 10.1. The molecule has 0 aliphatic heterocycles. The second-order valence-electron chi connectivity index (χ2n) is 3.84. The molecule has 0 amide bonds. The van der Waals surface area contributed by atoms with Crippen molar-refractivity contribution in [2.75, 3.05) is 4.72 Å². The fourth-order valence-corrected chi connectivity index (χ4v) is 2.65. The van der Waals surface area contributed by atoms with Crippen LogP contribution in [0.4, 0.5) is 5.69 Å². The van der Waals surface area contributed by atoms with E-state index in [1.54, 1.807) is 13.0 Å². The van der Waals surface area contributed by atoms with Gasteiger partial charge in [0.05, 0.1) is 23.4 Å². The topological polar surface area (TPSA) is 95.1 Å². The van der Waals surface area contributed by atoms with Crippen LogP contribution in [0, 0.1) is 6.92 Å². The number of H-pyrrole nitrogens is 1. The third kappa shape index (κ3) is 2.52. The summed E-state index contributed by atoms with van der Waals surface area (Å²) in [5, 5.41) is 15.2. The van der Waals surface area contributed by atoms with Gasteiger partial charge in [0.15, 0.2) is 0 Å². The standard InChI is InChI=1S/C11H13N3O3S/c1-8-4-11(3-2-9(8)7-15)18(16,17)14-10-5-12-13-6-10/h2-6,14-15H,7H2,1H3,(H,12,13). The molecule has 7 heteroatoms. The third-order valence-electron chi connectivity index (χ3n) is 2.55. The van der Waals surface area contributed by atoms with Crippen LogP contribution in [0.25, 0.3) is 0 Å². The Hall–Kier alpha value is -1.86. The van der Waals surface area contributed by atoms with E-state index in [-0.39, 0.29) is 11.5 Å². The fourth-order valence-electron chi connectivity index (χ4n) is 1.53. The molecule has 96 valence electrons. The molecule has 3 N–H and O–H groups in total. The Morgan fingerprint density at radius 2 is 2.22 bits per heavy atom. The normalized spacial score (nSPS) is 11.4. The van der Waals surface area contributed by atoms with E-state index in [1.165, 1.54) is 24.5 Å². The molecule has 0 aliphatic carbocycles. The highest BCUT2D eigenvalue weighted by molar-refractivity contribution is 7.92. The maximum absolute atomic E-state index is 12.0. The predicted molar refractivity (Wildman–Crippen MR) is 66.5 cm³/mol. The number of benzene rings is 1. The Bertz CT molecular complexity index is 636. The number of nitrogens with zero attached hydrogens (tertiary/aromatic N) is 1. The highest BCUT2D eigenvalue weighted by Gasteiger charge is 2.15. The van der Waals surface area contributed by atoms with Gasteiger partial charge in [-0.15, -0.1) is 0 Å². The average molecular weight is 267 g/mol. The van der Waals surface area contributed by atoms with E-state index in [9.17, 15) is 8.42 Å². The van der Waals surface area contributed by atoms with Crippen LogP contribution in [0.1, 0.15) is 11.1 Å². The summed E-state index contributed by atoms with van der Waals surface area (Å²) in [6.07, 6.45) is 2.83. The number of sulfonamides is 1. The number of anilines is 1. The SMILES string of the molecule is Cc1cc(S(=O)(=O)Nc2cn[nH]c2)ccc1CO. The minimum atomic E-state index is -3.62. The maximum Gasteiger partial charge on any atom is 0.262 e. The molecular weight excluding hydrogens is 254 g/mol. The van der Waals surface area contributed by atoms with Gasteiger partial charge < -0.3 is 5.11 Å². The van der Waals surface area contributed by atoms with Crippen LogP contribution < -0.4 is 4.72 Å². The van der Waals surface area contributed by atoms with Gasteiger partial charge in [-0.05, 0) is 30.2 Å². The van der Waals surface area contributed by atoms with E-state index in [1.807, 2.05) is 0 Å². The van der Waals surface area contributed by atoms with Crippen LogP contribution in [-0.4, -0.2) is 23.7 Å². The summed E-state index contributed by atoms with van der Waals surface area (Å²) in [6.45, 7) is 1.64. The Labute approximate surface area is 105 Å². The second-order valence-corrected chi connectivity index (χ2v) is 5.52. The van der Waals surface area contributed by atoms with Crippen molar-refractivity contribution in [1.82, 2.24) is 10.2 Å². The Kier molecular flexibility index (Phi) is 3.35. The summed E-state index contributed by atoms with van der Waals surface area (Å²) < 4.78 is 26.5. The predicted octanol–water partition coefficient (Wildman–Crippen LogP) is 1.01. The molecule has 0 saturated heterocycles. The molecule has 0 aliphatic rings. The summed E-state index contributed by atoms with van der Waals surface area (Å²) >= 11 is 0. The van der Waals surface area contributed by atoms with Crippen molar-refractivity contribution in [2.45, 2.75) is 18.4 Å². The van der Waals surface area contributed by atoms with Crippen molar-refractivity contribution in [3.63, 3.8) is 0 Å². The number of aryl methyl sites for hydroxylation is 1. The number of hydrogen-bond donors (Lipinski definition) is 3. The molecule has 2 aromatic rings. The smallest absolute Gasteiger partial charge is 0.262 e. The lowest BCUT2D eigenvalue weighted by Crippen LogP contribution is -2.13. The Morgan fingerprint density at radius 1 is 1.44 bits per heavy atom. The molecule has 1 heterocycles. The minimum Gasteiger partial charge on any atom is -0.392 e. The molecule has 0 unspecified atom stereocenters. The zero-order chi connectivity index (χ0) is 13.2. The highest BCUT2D eigenvalue weighted by Crippen LogP contribution is 2.18. The van der Waals surface area contributed by atoms with E-state index >= 15 is 0 Å². The summed E-state index contributed by atoms with van der Waals surface area (Å²) in [7, 11) is -3.62. The molecule has 1 aromatic heterocycles. The van der Waals surface area contributed by atoms with Crippen molar-refractivity contribution < 1.29 is 13.5 Å². The van der Waals surface area contributed by atoms with Gasteiger partial charge in [0, 0.05) is 6.20 Å². The number of nitrogens with one attached hydrogen (secondary N) is 2. The van der Waals surface area contributed by atoms with Gasteiger partial charge in [-0.25, -0.2) is 8.42 Å². The second kappa shape index (κ2) is 4.79. The number of rotatable bonds is 4. The fraction of sp³-hybridized carbons (Fsp3) is 0.182. The van der Waals surface area contributed by atoms with E-state index in [4.69, 9.17) is 5.11 Å². The third-order valence-corrected chi connectivity index (χ3v) is 3.92. The first-order chi connectivity index (χ1) is 8.53. The van der Waals surface area contributed by atoms with Crippen molar-refractivity contribution in [3.05, 3.63) is 41.7 Å². The van der Waals surface area contributed by atoms with Crippen molar-refractivity contribution in [2.24, 2.45) is 0 Å². The molecule has 0 atom stereocenters. The molecule has 0 fully saturated rings. The zero-order valence-electron chi connectivity index (χ0n) is 9.71. The van der Waals surface area contributed by atoms with Crippen molar-refractivity contribution in [3.8, 4) is 0 Å². The van der Waals surface area contributed by atoms with Gasteiger partial charge in [-0.3, -0.25) is 9.82 Å². The molecule has 0 spiro atoms. The highest BCUT2D eigenvalue weighted by atomic mass is 32.2. The van der Waals surface area contributed by atoms with Crippen LogP contribution in [0.15, 0.2) is 35.5 Å². The molecule has 18 heavy (non-hydrogen) atoms. The molecule has 0 bridgehead atoms. The average Bonchev–Trinajstić information content (AvgIpc) is 2.81. The quantitative estimate of drug-likeness (QED) is 0.770. The van der Waals surface area contributed by atoms with Gasteiger partial charge in [0.25, 0.3) is 10.0 Å². The molecular formula is C11H13N3O3S. The van der Waals surface area contributed by atoms with Crippen LogP contribution in [0.5, 0.6) is 0 Å². The zero-order valence-corrected chi connectivity index (χ0v) is 10.5. The lowest BCUT2D eigenvalue weighted by Gasteiger charge is -2.08. The van der Waals surface area contributed by atoms with Crippen molar-refractivity contribution in [1.29, 1.82) is 0 Å². The maximum atomic E-state index is 12.0. The first-order valence-electron chi connectivity index (χ1n) is 5.25. The lowest BCUT2D eigenvalue weighted by molar-refractivity contribution is 0.281. The first kappa shape index (κ1) is 12.6. The van der Waals surface area contributed by atoms with Crippen LogP contribution in [0.2, 0.25) is 0 Å². The summed E-state index contributed by atoms with van der Waals surface area (Å²) in [5.41, 5.74) is 1.81. The molecule has 1 aromatic carbocycles. The van der Waals surface area contributed by atoms with E-state index in [0.717, 1.165) is 5.56 Å². The van der Waals surface area contributed by atoms with Gasteiger partial charge in [0.2, 0.25) is 0 Å². The number of aliphatic hydroxyl groups excluding tert-OH is 1. The van der Waals surface area contributed by atoms with E-state index < -0.39 is 10.0 Å². The first-order valence-corrected chi connectivity index (χ1v) is 6.73. The Balaban J connectivity index is 2.33. The van der Waals surface area contributed by atoms with Crippen LogP contribution in [-0.2, 0) is 16.6 Å². The van der Waals surface area contributed by atoms with Crippen LogP contribution >= 0.6 is 0 Å². The number of aromatic amines is 1. The van der Waals surface area contributed by atoms with E-state index in [2.05, 4.69) is 14.9 Å². The molecule has 0 saturated carbocycles. The van der Waals surface area contributed by atoms with Crippen LogP contribution in [0.3, 0.4) is 0 Å². The largest absolute Gasteiger partial charge is 0.392 e. The number of aromatic nitrogens is 2. The minimum absolute atomic E-state index is 0.110. The Morgan fingerprint density at radius 3 is 2.78 bits per heavy atom. The van der Waals surface area contributed by atoms with Gasteiger partial charge in [-0.2, -0.15) is 5.10 Å². The van der Waals surface area contributed by atoms with Gasteiger partial charge in [-0.1, -0.05) is 6.07 Å². The monoisotopic (exact) mass is 267 g/mol. The summed E-state index contributed by atoms with van der Waals surface area (Å²) in [4.78, 5) is 0.151. The number of aliphatic hydroxyl groups is 1. The number of hydrogen-bond acceptors (Lipinski definition) is 4. The summed E-state index contributed by atoms with van der Waals surface area (Å²) in [5.74, 6) is 0. The molecule has 0 radical (unpaired) electrons. The van der Waals surface area contributed by atoms with E-state index in [0.29, 0.717) is 11.3 Å². The van der Waals surface area contributed by atoms with Gasteiger partial charge in [0.1, 0.15) is 0 Å². The summed E-state index contributed by atoms with van der Waals surface area (Å²) in [6, 6.07) is 4.58.